The van der Waals surface area contributed by atoms with Crippen LogP contribution < -0.4 is 7.22 Å². The fourth-order valence-electron chi connectivity index (χ4n) is 1.52. The van der Waals surface area contributed by atoms with Gasteiger partial charge in [0.2, 0.25) is 0 Å². The first-order valence-electron chi connectivity index (χ1n) is 5.33. The Morgan fingerprint density at radius 1 is 0.765 bits per heavy atom. The van der Waals surface area contributed by atoms with Crippen LogP contribution in [0.15, 0.2) is 36.4 Å². The van der Waals surface area contributed by atoms with Crippen molar-refractivity contribution in [1.82, 2.24) is 0 Å². The summed E-state index contributed by atoms with van der Waals surface area (Å²) >= 11 is -0.445. The number of hydrogen-bond donors (Lipinski definition) is 2. The SMILES string of the molecule is Cc1cc([Te]c2ccc(O)c(C)c2)ccc1O. The first-order valence-corrected chi connectivity index (χ1v) is 7.66. The van der Waals surface area contributed by atoms with Crippen LogP contribution in [0.5, 0.6) is 11.5 Å². The fourth-order valence-corrected chi connectivity index (χ4v) is 4.42. The number of aryl methyl sites for hydroxylation is 2. The summed E-state index contributed by atoms with van der Waals surface area (Å²) in [5, 5.41) is 18.9. The predicted octanol–water partition coefficient (Wildman–Crippen LogP) is 1.37. The van der Waals surface area contributed by atoms with E-state index in [-0.39, 0.29) is 0 Å². The van der Waals surface area contributed by atoms with Gasteiger partial charge in [-0.15, -0.1) is 0 Å². The molecule has 0 fully saturated rings. The third kappa shape index (κ3) is 2.94. The van der Waals surface area contributed by atoms with Crippen molar-refractivity contribution in [3.8, 4) is 11.5 Å². The van der Waals surface area contributed by atoms with Crippen LogP contribution in [0.3, 0.4) is 0 Å². The molecule has 2 N–H and O–H groups in total. The Kier molecular flexibility index (Phi) is 3.61. The molecule has 0 aromatic heterocycles. The molecule has 0 heterocycles. The van der Waals surface area contributed by atoms with Gasteiger partial charge in [0.15, 0.2) is 0 Å². The molecule has 3 heteroatoms. The number of aromatic hydroxyl groups is 2. The van der Waals surface area contributed by atoms with E-state index in [1.807, 2.05) is 38.1 Å². The summed E-state index contributed by atoms with van der Waals surface area (Å²) in [7, 11) is 0. The molecule has 2 rings (SSSR count). The van der Waals surface area contributed by atoms with Gasteiger partial charge < -0.3 is 0 Å². The van der Waals surface area contributed by atoms with Gasteiger partial charge in [0.05, 0.1) is 0 Å². The van der Waals surface area contributed by atoms with Crippen molar-refractivity contribution in [2.24, 2.45) is 0 Å². The summed E-state index contributed by atoms with van der Waals surface area (Å²) in [4.78, 5) is 0. The van der Waals surface area contributed by atoms with Gasteiger partial charge in [-0.3, -0.25) is 0 Å². The Hall–Kier alpha value is -1.17. The third-order valence-corrected chi connectivity index (χ3v) is 5.37. The van der Waals surface area contributed by atoms with Crippen molar-refractivity contribution >= 4 is 28.1 Å². The van der Waals surface area contributed by atoms with Crippen LogP contribution in [-0.2, 0) is 0 Å². The van der Waals surface area contributed by atoms with E-state index in [4.69, 9.17) is 0 Å². The molecule has 0 radical (unpaired) electrons. The molecule has 0 spiro atoms. The summed E-state index contributed by atoms with van der Waals surface area (Å²) in [6.45, 7) is 3.82. The van der Waals surface area contributed by atoms with Crippen molar-refractivity contribution < 1.29 is 10.2 Å². The zero-order valence-corrected chi connectivity index (χ0v) is 12.1. The zero-order valence-electron chi connectivity index (χ0n) is 9.77. The minimum absolute atomic E-state index is 0.350. The van der Waals surface area contributed by atoms with E-state index in [2.05, 4.69) is 0 Å². The van der Waals surface area contributed by atoms with E-state index in [0.717, 1.165) is 11.1 Å². The van der Waals surface area contributed by atoms with Crippen LogP contribution in [0.4, 0.5) is 0 Å². The molecule has 88 valence electrons. The Morgan fingerprint density at radius 3 is 1.53 bits per heavy atom. The number of benzene rings is 2. The third-order valence-electron chi connectivity index (χ3n) is 2.57. The summed E-state index contributed by atoms with van der Waals surface area (Å²) < 4.78 is 2.58. The number of phenolic OH excluding ortho intramolecular Hbond substituents is 2. The monoisotopic (exact) mass is 344 g/mol. The Morgan fingerprint density at radius 2 is 1.18 bits per heavy atom. The van der Waals surface area contributed by atoms with Gasteiger partial charge in [0.25, 0.3) is 0 Å². The van der Waals surface area contributed by atoms with E-state index in [1.165, 1.54) is 7.22 Å². The van der Waals surface area contributed by atoms with Crippen molar-refractivity contribution in [1.29, 1.82) is 0 Å². The van der Waals surface area contributed by atoms with E-state index >= 15 is 0 Å². The first kappa shape index (κ1) is 12.3. The van der Waals surface area contributed by atoms with Crippen LogP contribution in [-0.4, -0.2) is 31.1 Å². The van der Waals surface area contributed by atoms with Crippen molar-refractivity contribution in [2.75, 3.05) is 0 Å². The zero-order chi connectivity index (χ0) is 12.4. The molecular formula is C14H14O2Te. The maximum absolute atomic E-state index is 9.47. The fraction of sp³-hybridized carbons (Fsp3) is 0.143. The second-order valence-electron chi connectivity index (χ2n) is 4.00. The Balaban J connectivity index is 2.25. The van der Waals surface area contributed by atoms with Gasteiger partial charge in [-0.05, 0) is 0 Å². The van der Waals surface area contributed by atoms with E-state index < -0.39 is 20.9 Å². The Bertz CT molecular complexity index is 500. The standard InChI is InChI=1S/C14H14O2Te/c1-9-7-11(3-5-13(9)15)17-12-4-6-14(16)10(2)8-12/h3-8,15-16H,1-2H3. The average molecular weight is 342 g/mol. The molecule has 0 aliphatic heterocycles. The van der Waals surface area contributed by atoms with Crippen LogP contribution in [0.1, 0.15) is 11.1 Å². The van der Waals surface area contributed by atoms with Crippen molar-refractivity contribution in [2.45, 2.75) is 13.8 Å². The molecular weight excluding hydrogens is 328 g/mol. The van der Waals surface area contributed by atoms with Crippen LogP contribution in [0.25, 0.3) is 0 Å². The van der Waals surface area contributed by atoms with Gasteiger partial charge in [-0.2, -0.15) is 0 Å². The molecule has 0 atom stereocenters. The quantitative estimate of drug-likeness (QED) is 0.810. The molecule has 0 amide bonds. The second-order valence-corrected chi connectivity index (χ2v) is 7.27. The molecule has 2 aromatic carbocycles. The average Bonchev–Trinajstić information content (AvgIpc) is 2.29. The number of hydrogen-bond acceptors (Lipinski definition) is 2. The normalized spacial score (nSPS) is 10.5. The molecule has 17 heavy (non-hydrogen) atoms. The minimum atomic E-state index is -0.445. The van der Waals surface area contributed by atoms with Crippen molar-refractivity contribution in [3.63, 3.8) is 0 Å². The summed E-state index contributed by atoms with van der Waals surface area (Å²) in [6, 6.07) is 11.5. The molecule has 0 saturated carbocycles. The van der Waals surface area contributed by atoms with Crippen LogP contribution in [0, 0.1) is 13.8 Å². The number of rotatable bonds is 2. The summed E-state index contributed by atoms with van der Waals surface area (Å²) in [5.41, 5.74) is 1.84. The van der Waals surface area contributed by atoms with E-state index in [1.54, 1.807) is 12.1 Å². The summed E-state index contributed by atoms with van der Waals surface area (Å²) in [6.07, 6.45) is 0. The topological polar surface area (TPSA) is 40.5 Å². The molecule has 2 aromatic rings. The van der Waals surface area contributed by atoms with E-state index in [9.17, 15) is 10.2 Å². The van der Waals surface area contributed by atoms with Gasteiger partial charge in [0, 0.05) is 0 Å². The molecule has 0 bridgehead atoms. The molecule has 2 nitrogen and oxygen atoms in total. The van der Waals surface area contributed by atoms with Gasteiger partial charge in [-0.1, -0.05) is 0 Å². The predicted molar refractivity (Wildman–Crippen MR) is 70.7 cm³/mol. The molecule has 0 aliphatic rings. The molecule has 0 unspecified atom stereocenters. The number of phenols is 2. The van der Waals surface area contributed by atoms with Crippen molar-refractivity contribution in [3.05, 3.63) is 47.5 Å². The molecule has 0 saturated heterocycles. The van der Waals surface area contributed by atoms with Crippen LogP contribution in [0.2, 0.25) is 0 Å². The van der Waals surface area contributed by atoms with Gasteiger partial charge >= 0.3 is 111 Å². The second kappa shape index (κ2) is 4.99. The van der Waals surface area contributed by atoms with Gasteiger partial charge in [0.1, 0.15) is 0 Å². The van der Waals surface area contributed by atoms with Crippen LogP contribution >= 0.6 is 0 Å². The Labute approximate surface area is 111 Å². The van der Waals surface area contributed by atoms with Gasteiger partial charge in [-0.25, -0.2) is 0 Å². The molecule has 0 aliphatic carbocycles. The van der Waals surface area contributed by atoms with E-state index in [0.29, 0.717) is 11.5 Å². The maximum atomic E-state index is 9.47. The first-order chi connectivity index (χ1) is 8.06. The summed E-state index contributed by atoms with van der Waals surface area (Å²) in [5.74, 6) is 0.700.